The summed E-state index contributed by atoms with van der Waals surface area (Å²) in [6.07, 6.45) is 3.24. The molecule has 0 N–H and O–H groups in total. The van der Waals surface area contributed by atoms with Crippen molar-refractivity contribution in [1.82, 2.24) is 14.7 Å². The number of esters is 1. The zero-order valence-electron chi connectivity index (χ0n) is 15.6. The van der Waals surface area contributed by atoms with E-state index in [1.54, 1.807) is 18.2 Å². The zero-order chi connectivity index (χ0) is 20.1. The number of amides is 1. The summed E-state index contributed by atoms with van der Waals surface area (Å²) in [5.74, 6) is -0.813. The maximum atomic E-state index is 12.5. The lowest BCUT2D eigenvalue weighted by atomic mass is 10.3. The molecule has 0 aliphatic rings. The summed E-state index contributed by atoms with van der Waals surface area (Å²) in [5, 5.41) is 5.45. The minimum absolute atomic E-state index is 0.291. The molecule has 0 radical (unpaired) electrons. The molecule has 0 saturated carbocycles. The summed E-state index contributed by atoms with van der Waals surface area (Å²) in [5.41, 5.74) is 1.75. The lowest BCUT2D eigenvalue weighted by Crippen LogP contribution is -2.34. The number of carbonyl (C=O) groups is 2. The first kappa shape index (κ1) is 19.6. The third-order valence-electron chi connectivity index (χ3n) is 4.12. The molecule has 1 amide bonds. The van der Waals surface area contributed by atoms with Gasteiger partial charge in [-0.2, -0.15) is 5.10 Å². The van der Waals surface area contributed by atoms with E-state index in [0.717, 1.165) is 21.6 Å². The van der Waals surface area contributed by atoms with Gasteiger partial charge in [-0.1, -0.05) is 30.4 Å². The molecule has 3 rings (SSSR count). The molecule has 0 spiro atoms. The summed E-state index contributed by atoms with van der Waals surface area (Å²) in [7, 11) is 0. The first-order chi connectivity index (χ1) is 13.5. The lowest BCUT2D eigenvalue weighted by molar-refractivity contribution is -0.133. The summed E-state index contributed by atoms with van der Waals surface area (Å²) >= 11 is 1.30. The highest BCUT2D eigenvalue weighted by Gasteiger charge is 2.20. The summed E-state index contributed by atoms with van der Waals surface area (Å²) in [6, 6.07) is 11.5. The van der Waals surface area contributed by atoms with Gasteiger partial charge in [0.2, 0.25) is 0 Å². The highest BCUT2D eigenvalue weighted by molar-refractivity contribution is 7.20. The standard InChI is InChI=1S/C21H21N3O3S/c1-4-11-23(12-5-2)19(25)14-27-21(26)18-13-17-15(3)22-24(20(17)28-18)16-9-7-6-8-10-16/h4-10,13H,1-2,11-12,14H2,3H3. The van der Waals surface area contributed by atoms with E-state index in [1.807, 2.05) is 41.9 Å². The van der Waals surface area contributed by atoms with Gasteiger partial charge in [0.25, 0.3) is 5.91 Å². The number of aromatic nitrogens is 2. The van der Waals surface area contributed by atoms with Gasteiger partial charge < -0.3 is 9.64 Å². The molecule has 1 aromatic carbocycles. The molecule has 28 heavy (non-hydrogen) atoms. The van der Waals surface area contributed by atoms with Crippen LogP contribution in [0.1, 0.15) is 15.4 Å². The molecule has 2 heterocycles. The van der Waals surface area contributed by atoms with E-state index >= 15 is 0 Å². The summed E-state index contributed by atoms with van der Waals surface area (Å²) in [6.45, 7) is 9.57. The minimum Gasteiger partial charge on any atom is -0.451 e. The average molecular weight is 395 g/mol. The topological polar surface area (TPSA) is 64.4 Å². The number of rotatable bonds is 8. The van der Waals surface area contributed by atoms with Gasteiger partial charge in [0.05, 0.1) is 11.4 Å². The van der Waals surface area contributed by atoms with Crippen LogP contribution in [0.3, 0.4) is 0 Å². The third kappa shape index (κ3) is 4.04. The number of ether oxygens (including phenoxy) is 1. The van der Waals surface area contributed by atoms with Gasteiger partial charge >= 0.3 is 5.97 Å². The number of fused-ring (bicyclic) bond motifs is 1. The molecule has 0 aliphatic heterocycles. The Hall–Kier alpha value is -3.19. The predicted molar refractivity (Wildman–Crippen MR) is 111 cm³/mol. The van der Waals surface area contributed by atoms with Crippen molar-refractivity contribution >= 4 is 33.4 Å². The Kier molecular flexibility index (Phi) is 6.06. The van der Waals surface area contributed by atoms with Gasteiger partial charge in [-0.25, -0.2) is 9.48 Å². The zero-order valence-corrected chi connectivity index (χ0v) is 16.4. The van der Waals surface area contributed by atoms with Crippen LogP contribution in [0, 0.1) is 6.92 Å². The monoisotopic (exact) mass is 395 g/mol. The van der Waals surface area contributed by atoms with Gasteiger partial charge in [0, 0.05) is 18.5 Å². The fourth-order valence-electron chi connectivity index (χ4n) is 2.77. The SMILES string of the molecule is C=CCN(CC=C)C(=O)COC(=O)c1cc2c(C)nn(-c3ccccc3)c2s1. The summed E-state index contributed by atoms with van der Waals surface area (Å²) < 4.78 is 7.04. The Labute approximate surface area is 167 Å². The van der Waals surface area contributed by atoms with Gasteiger partial charge in [0.1, 0.15) is 9.71 Å². The Balaban J connectivity index is 1.77. The van der Waals surface area contributed by atoms with E-state index in [2.05, 4.69) is 18.3 Å². The van der Waals surface area contributed by atoms with Crippen LogP contribution in [-0.2, 0) is 9.53 Å². The molecule has 0 aliphatic carbocycles. The van der Waals surface area contributed by atoms with Crippen molar-refractivity contribution in [3.63, 3.8) is 0 Å². The van der Waals surface area contributed by atoms with Crippen molar-refractivity contribution in [2.75, 3.05) is 19.7 Å². The normalized spacial score (nSPS) is 10.6. The Morgan fingerprint density at radius 3 is 2.54 bits per heavy atom. The van der Waals surface area contributed by atoms with Gasteiger partial charge in [-0.05, 0) is 25.1 Å². The van der Waals surface area contributed by atoms with Gasteiger partial charge in [-0.3, -0.25) is 4.79 Å². The number of hydrogen-bond acceptors (Lipinski definition) is 5. The maximum absolute atomic E-state index is 12.5. The smallest absolute Gasteiger partial charge is 0.348 e. The fraction of sp³-hybridized carbons (Fsp3) is 0.190. The molecule has 0 saturated heterocycles. The summed E-state index contributed by atoms with van der Waals surface area (Å²) in [4.78, 5) is 27.5. The second-order valence-electron chi connectivity index (χ2n) is 6.11. The molecule has 0 unspecified atom stereocenters. The van der Waals surface area contributed by atoms with Crippen LogP contribution in [0.25, 0.3) is 15.9 Å². The number of carbonyl (C=O) groups excluding carboxylic acids is 2. The first-order valence-corrected chi connectivity index (χ1v) is 9.58. The third-order valence-corrected chi connectivity index (χ3v) is 5.22. The van der Waals surface area contributed by atoms with E-state index in [9.17, 15) is 9.59 Å². The second-order valence-corrected chi connectivity index (χ2v) is 7.15. The average Bonchev–Trinajstić information content (AvgIpc) is 3.27. The molecular formula is C21H21N3O3S. The van der Waals surface area contributed by atoms with Gasteiger partial charge in [-0.15, -0.1) is 24.5 Å². The molecule has 0 bridgehead atoms. The van der Waals surface area contributed by atoms with Crippen molar-refractivity contribution in [2.24, 2.45) is 0 Å². The Bertz CT molecular complexity index is 1010. The largest absolute Gasteiger partial charge is 0.451 e. The fourth-order valence-corrected chi connectivity index (χ4v) is 3.85. The first-order valence-electron chi connectivity index (χ1n) is 8.76. The highest BCUT2D eigenvalue weighted by atomic mass is 32.1. The highest BCUT2D eigenvalue weighted by Crippen LogP contribution is 2.30. The lowest BCUT2D eigenvalue weighted by Gasteiger charge is -2.18. The number of hydrogen-bond donors (Lipinski definition) is 0. The van der Waals surface area contributed by atoms with Crippen molar-refractivity contribution in [1.29, 1.82) is 0 Å². The van der Waals surface area contributed by atoms with Crippen molar-refractivity contribution in [3.8, 4) is 5.69 Å². The molecule has 7 heteroatoms. The molecule has 144 valence electrons. The second kappa shape index (κ2) is 8.67. The number of aryl methyl sites for hydroxylation is 1. The molecular weight excluding hydrogens is 374 g/mol. The molecule has 0 fully saturated rings. The van der Waals surface area contributed by atoms with E-state index in [0.29, 0.717) is 18.0 Å². The van der Waals surface area contributed by atoms with E-state index in [1.165, 1.54) is 16.2 Å². The van der Waals surface area contributed by atoms with Crippen LogP contribution in [-0.4, -0.2) is 46.3 Å². The quantitative estimate of drug-likeness (QED) is 0.430. The van der Waals surface area contributed by atoms with Crippen LogP contribution in [0.2, 0.25) is 0 Å². The Morgan fingerprint density at radius 1 is 1.21 bits per heavy atom. The molecule has 6 nitrogen and oxygen atoms in total. The number of thiophene rings is 1. The number of para-hydroxylation sites is 1. The van der Waals surface area contributed by atoms with Crippen molar-refractivity contribution < 1.29 is 14.3 Å². The van der Waals surface area contributed by atoms with Crippen LogP contribution < -0.4 is 0 Å². The van der Waals surface area contributed by atoms with Crippen LogP contribution in [0.4, 0.5) is 0 Å². The number of benzene rings is 1. The molecule has 0 atom stereocenters. The molecule has 3 aromatic rings. The van der Waals surface area contributed by atoms with E-state index in [-0.39, 0.29) is 12.5 Å². The van der Waals surface area contributed by atoms with Crippen molar-refractivity contribution in [3.05, 3.63) is 72.3 Å². The van der Waals surface area contributed by atoms with Crippen LogP contribution >= 0.6 is 11.3 Å². The van der Waals surface area contributed by atoms with Crippen LogP contribution in [0.5, 0.6) is 0 Å². The minimum atomic E-state index is -0.522. The van der Waals surface area contributed by atoms with E-state index < -0.39 is 5.97 Å². The van der Waals surface area contributed by atoms with Crippen LogP contribution in [0.15, 0.2) is 61.7 Å². The maximum Gasteiger partial charge on any atom is 0.348 e. The predicted octanol–water partition coefficient (Wildman–Crippen LogP) is 3.75. The van der Waals surface area contributed by atoms with E-state index in [4.69, 9.17) is 4.74 Å². The Morgan fingerprint density at radius 2 is 1.89 bits per heavy atom. The number of nitrogens with zero attached hydrogens (tertiary/aromatic N) is 3. The molecule has 2 aromatic heterocycles. The van der Waals surface area contributed by atoms with Gasteiger partial charge in [0.15, 0.2) is 6.61 Å². The van der Waals surface area contributed by atoms with Crippen molar-refractivity contribution in [2.45, 2.75) is 6.92 Å².